The lowest BCUT2D eigenvalue weighted by Crippen LogP contribution is -2.60. The lowest BCUT2D eigenvalue weighted by atomic mass is 9.83. The van der Waals surface area contributed by atoms with Gasteiger partial charge in [0.2, 0.25) is 35.4 Å². The Morgan fingerprint density at radius 2 is 1.23 bits per heavy atom. The molecule has 1 aliphatic heterocycles. The zero-order valence-corrected chi connectivity index (χ0v) is 41.2. The number of hydrogen-bond acceptors (Lipinski definition) is 11. The summed E-state index contributed by atoms with van der Waals surface area (Å²) < 4.78 is 11.8. The van der Waals surface area contributed by atoms with E-state index in [0.29, 0.717) is 19.4 Å². The topological polar surface area (TPSA) is 229 Å². The second-order valence-corrected chi connectivity index (χ2v) is 19.7. The van der Waals surface area contributed by atoms with Gasteiger partial charge in [-0.3, -0.25) is 28.8 Å². The molecule has 0 radical (unpaired) electrons. The molecular formula is C49H82N8O9. The quantitative estimate of drug-likeness (QED) is 0.0542. The Bertz CT molecular complexity index is 1700. The average Bonchev–Trinajstić information content (AvgIpc) is 3.80. The van der Waals surface area contributed by atoms with E-state index in [1.54, 1.807) is 32.8 Å². The van der Waals surface area contributed by atoms with Crippen molar-refractivity contribution < 1.29 is 43.3 Å². The van der Waals surface area contributed by atoms with Gasteiger partial charge in [-0.15, -0.1) is 0 Å². The summed E-state index contributed by atoms with van der Waals surface area (Å²) in [5.74, 6) is 9.52. The third-order valence-corrected chi connectivity index (χ3v) is 13.2. The molecule has 0 aromatic carbocycles. The Balaban J connectivity index is 1.50. The first kappa shape index (κ1) is 56.1. The molecule has 0 aromatic rings. The highest BCUT2D eigenvalue weighted by molar-refractivity contribution is 5.94. The van der Waals surface area contributed by atoms with Crippen LogP contribution >= 0.6 is 0 Å². The van der Waals surface area contributed by atoms with Gasteiger partial charge in [-0.1, -0.05) is 85.0 Å². The summed E-state index contributed by atoms with van der Waals surface area (Å²) in [5.41, 5.74) is -0.568. The van der Waals surface area contributed by atoms with Gasteiger partial charge < -0.3 is 56.7 Å². The number of rotatable bonds is 23. The summed E-state index contributed by atoms with van der Waals surface area (Å²) in [6, 6.07) is -5.04. The van der Waals surface area contributed by atoms with Crippen LogP contribution in [0.25, 0.3) is 0 Å². The second-order valence-electron chi connectivity index (χ2n) is 19.7. The molecule has 0 bridgehead atoms. The maximum absolute atomic E-state index is 14.0. The molecule has 3 aliphatic rings. The van der Waals surface area contributed by atoms with Crippen LogP contribution in [0, 0.1) is 46.9 Å². The van der Waals surface area contributed by atoms with Crippen molar-refractivity contribution in [3.8, 4) is 23.7 Å². The van der Waals surface area contributed by atoms with Gasteiger partial charge in [-0.2, -0.15) is 0 Å². The number of carbonyl (C=O) groups is 6. The van der Waals surface area contributed by atoms with Crippen molar-refractivity contribution in [2.24, 2.45) is 23.2 Å². The number of nitrogens with zero attached hydrogens (tertiary/aromatic N) is 1. The summed E-state index contributed by atoms with van der Waals surface area (Å²) in [6.07, 6.45) is 11.0. The van der Waals surface area contributed by atoms with E-state index in [1.807, 2.05) is 34.6 Å². The van der Waals surface area contributed by atoms with Gasteiger partial charge in [0, 0.05) is 6.54 Å². The largest absolute Gasteiger partial charge is 0.394 e. The van der Waals surface area contributed by atoms with E-state index in [1.165, 1.54) is 0 Å². The highest BCUT2D eigenvalue weighted by Crippen LogP contribution is 2.30. The average molecular weight is 927 g/mol. The molecule has 372 valence electrons. The molecule has 1 unspecified atom stereocenters. The first-order chi connectivity index (χ1) is 31.4. The second kappa shape index (κ2) is 28.8. The number of aliphatic hydroxyl groups is 1. The fraction of sp³-hybridized carbons (Fsp3) is 0.796. The maximum Gasteiger partial charge on any atom is 0.246 e. The number of nitrogens with one attached hydrogen (secondary N) is 7. The van der Waals surface area contributed by atoms with E-state index in [9.17, 15) is 33.9 Å². The molecule has 17 nitrogen and oxygen atoms in total. The van der Waals surface area contributed by atoms with Gasteiger partial charge >= 0.3 is 0 Å². The van der Waals surface area contributed by atoms with Crippen LogP contribution in [-0.2, 0) is 38.2 Å². The molecule has 2 saturated carbocycles. The van der Waals surface area contributed by atoms with E-state index in [2.05, 4.69) is 60.9 Å². The summed E-state index contributed by atoms with van der Waals surface area (Å²) >= 11 is 0. The van der Waals surface area contributed by atoms with Gasteiger partial charge in [0.25, 0.3) is 0 Å². The summed E-state index contributed by atoms with van der Waals surface area (Å²) in [6.45, 7) is 13.7. The smallest absolute Gasteiger partial charge is 0.246 e. The minimum absolute atomic E-state index is 0.0159. The number of carbonyl (C=O) groups excluding carboxylic acids is 6. The van der Waals surface area contributed by atoms with Crippen molar-refractivity contribution in [2.75, 3.05) is 53.7 Å². The minimum Gasteiger partial charge on any atom is -0.394 e. The summed E-state index contributed by atoms with van der Waals surface area (Å²) in [4.78, 5) is 81.8. The van der Waals surface area contributed by atoms with Crippen LogP contribution in [0.4, 0.5) is 0 Å². The van der Waals surface area contributed by atoms with Crippen molar-refractivity contribution in [1.29, 1.82) is 0 Å². The van der Waals surface area contributed by atoms with Crippen LogP contribution < -0.4 is 37.2 Å². The van der Waals surface area contributed by atoms with E-state index in [-0.39, 0.29) is 79.9 Å². The number of likely N-dealkylation sites (N-methyl/N-ethyl adjacent to an activating group) is 2. The summed E-state index contributed by atoms with van der Waals surface area (Å²) in [5, 5.41) is 30.0. The number of hydrogen-bond donors (Lipinski definition) is 8. The molecule has 8 atom stereocenters. The molecule has 2 aliphatic carbocycles. The number of amides is 6. The van der Waals surface area contributed by atoms with Gasteiger partial charge in [-0.25, -0.2) is 0 Å². The molecule has 6 amide bonds. The molecule has 3 rings (SSSR count). The third kappa shape index (κ3) is 18.1. The van der Waals surface area contributed by atoms with Crippen LogP contribution in [0.3, 0.4) is 0 Å². The number of ether oxygens (including phenoxy) is 2. The van der Waals surface area contributed by atoms with E-state index in [0.717, 1.165) is 64.2 Å². The number of aliphatic hydroxyl groups excluding tert-OH is 1. The predicted octanol–water partition coefficient (Wildman–Crippen LogP) is 1.51. The third-order valence-electron chi connectivity index (χ3n) is 13.2. The number of likely N-dealkylation sites (tertiary alicyclic amines) is 1. The molecule has 8 N–H and O–H groups in total. The Morgan fingerprint density at radius 1 is 0.652 bits per heavy atom. The van der Waals surface area contributed by atoms with Crippen molar-refractivity contribution in [1.82, 2.24) is 42.1 Å². The van der Waals surface area contributed by atoms with Crippen LogP contribution in [0.2, 0.25) is 0 Å². The van der Waals surface area contributed by atoms with Gasteiger partial charge in [0.05, 0.1) is 37.9 Å². The zero-order valence-electron chi connectivity index (χ0n) is 41.2. The summed E-state index contributed by atoms with van der Waals surface area (Å²) in [7, 11) is 3.25. The first-order valence-corrected chi connectivity index (χ1v) is 24.3. The lowest BCUT2D eigenvalue weighted by molar-refractivity contribution is -0.144. The van der Waals surface area contributed by atoms with Gasteiger partial charge in [-0.05, 0) is 101 Å². The first-order valence-electron chi connectivity index (χ1n) is 24.3. The fourth-order valence-electron chi connectivity index (χ4n) is 8.76. The van der Waals surface area contributed by atoms with Gasteiger partial charge in [0.1, 0.15) is 43.4 Å². The van der Waals surface area contributed by atoms with Crippen molar-refractivity contribution in [3.05, 3.63) is 0 Å². The molecule has 1 saturated heterocycles. The van der Waals surface area contributed by atoms with Crippen molar-refractivity contribution >= 4 is 35.4 Å². The Hall–Kier alpha value is -4.26. The fourth-order valence-corrected chi connectivity index (χ4v) is 8.76. The van der Waals surface area contributed by atoms with Crippen molar-refractivity contribution in [2.45, 2.75) is 174 Å². The molecule has 66 heavy (non-hydrogen) atoms. The molecular weight excluding hydrogens is 845 g/mol. The van der Waals surface area contributed by atoms with E-state index in [4.69, 9.17) is 9.47 Å². The van der Waals surface area contributed by atoms with Crippen molar-refractivity contribution in [3.63, 3.8) is 0 Å². The highest BCUT2D eigenvalue weighted by atomic mass is 16.5. The van der Waals surface area contributed by atoms with Gasteiger partial charge in [0.15, 0.2) is 0 Å². The Kier molecular flexibility index (Phi) is 24.5. The predicted molar refractivity (Wildman–Crippen MR) is 253 cm³/mol. The minimum atomic E-state index is -0.875. The highest BCUT2D eigenvalue weighted by Gasteiger charge is 2.43. The molecule has 0 aromatic heterocycles. The van der Waals surface area contributed by atoms with Crippen LogP contribution in [0.5, 0.6) is 0 Å². The van der Waals surface area contributed by atoms with E-state index >= 15 is 0 Å². The Labute approximate surface area is 394 Å². The van der Waals surface area contributed by atoms with Crippen LogP contribution in [-0.4, -0.2) is 147 Å². The zero-order chi connectivity index (χ0) is 48.8. The van der Waals surface area contributed by atoms with Crippen LogP contribution in [0.1, 0.15) is 126 Å². The maximum atomic E-state index is 14.0. The molecule has 1 heterocycles. The molecule has 17 heteroatoms. The van der Waals surface area contributed by atoms with E-state index < -0.39 is 60.1 Å². The standard InChI is InChI=1S/C49H82N8O9/c1-32(2)38(53-44(60)34(4)52-47(63)41(36-23-16-13-17-24-36)55-45(61)37(29-58)51-9)30-65-27-18-10-11-19-28-66-31-39(35-21-14-12-15-22-35)54-46(62)40-25-20-26-57(40)48(64)42(49(5,6)7)56-43(59)33(3)50-8/h32-42,50-51,58H,12-17,20-31H2,1-9H3,(H,52,63)(H,53,60)(H,54,62)(H,55,61)(H,56,59)/t33-,34-,37+,38+,39+,40?,41+,42+/m0/s1. The molecule has 0 spiro atoms. The lowest BCUT2D eigenvalue weighted by Gasteiger charge is -2.37. The molecule has 3 fully saturated rings. The normalized spacial score (nSPS) is 20.2. The monoisotopic (exact) mass is 927 g/mol. The Morgan fingerprint density at radius 3 is 1.77 bits per heavy atom. The SMILES string of the molecule is CN[C@@H](C)C(=O)N[C@H](C(=O)N1CCCC1C(=O)N[C@H](COCC#CC#CCOC[C@@H](NC(=O)[C@H](C)NC(=O)[C@H](NC(=O)[C@@H](CO)NC)C1CCCCC1)C(C)C)C1CCCCC1)C(C)(C)C. The van der Waals surface area contributed by atoms with Crippen LogP contribution in [0.15, 0.2) is 0 Å².